The molecule has 0 radical (unpaired) electrons. The van der Waals surface area contributed by atoms with Crippen LogP contribution in [0.15, 0.2) is 17.0 Å². The molecule has 150 valence electrons. The number of fused-ring (bicyclic) bond motifs is 1. The third-order valence-corrected chi connectivity index (χ3v) is 7.01. The van der Waals surface area contributed by atoms with Crippen molar-refractivity contribution < 1.29 is 35.8 Å². The highest BCUT2D eigenvalue weighted by molar-refractivity contribution is 7.92. The maximum atomic E-state index is 14.0. The van der Waals surface area contributed by atoms with Crippen molar-refractivity contribution in [1.82, 2.24) is 0 Å². The predicted octanol–water partition coefficient (Wildman–Crippen LogP) is 3.49. The van der Waals surface area contributed by atoms with Crippen LogP contribution < -0.4 is 4.74 Å². The Labute approximate surface area is 153 Å². The zero-order chi connectivity index (χ0) is 20.4. The number of benzene rings is 1. The second-order valence-electron chi connectivity index (χ2n) is 7.40. The van der Waals surface area contributed by atoms with Crippen LogP contribution in [0.4, 0.5) is 17.6 Å². The highest BCUT2D eigenvalue weighted by Gasteiger charge is 2.51. The van der Waals surface area contributed by atoms with Crippen molar-refractivity contribution in [3.63, 3.8) is 0 Å². The van der Waals surface area contributed by atoms with Crippen LogP contribution in [0.3, 0.4) is 0 Å². The van der Waals surface area contributed by atoms with E-state index in [-0.39, 0.29) is 22.8 Å². The van der Waals surface area contributed by atoms with Gasteiger partial charge in [0.25, 0.3) is 9.84 Å². The summed E-state index contributed by atoms with van der Waals surface area (Å²) in [6.07, 6.45) is -3.60. The molecule has 0 saturated heterocycles. The first kappa shape index (κ1) is 20.1. The smallest absolute Gasteiger partial charge is 0.490 e. The molecule has 0 bridgehead atoms. The summed E-state index contributed by atoms with van der Waals surface area (Å²) >= 11 is 0. The number of rotatable bonds is 4. The molecule has 2 N–H and O–H groups in total. The molecular weight excluding hydrogens is 390 g/mol. The van der Waals surface area contributed by atoms with Gasteiger partial charge in [0, 0.05) is 28.7 Å². The monoisotopic (exact) mass is 409 g/mol. The van der Waals surface area contributed by atoms with Crippen LogP contribution in [0, 0.1) is 10.8 Å². The molecule has 5 nitrogen and oxygen atoms in total. The number of sulfone groups is 1. The maximum absolute atomic E-state index is 14.0. The fourth-order valence-electron chi connectivity index (χ4n) is 3.63. The number of hydrogen-bond donors (Lipinski definition) is 2. The Balaban J connectivity index is 1.97. The van der Waals surface area contributed by atoms with Crippen molar-refractivity contribution in [2.45, 2.75) is 61.9 Å². The van der Waals surface area contributed by atoms with E-state index < -0.39 is 44.5 Å². The summed E-state index contributed by atoms with van der Waals surface area (Å²) in [4.78, 5) is -1.14. The Hall–Kier alpha value is -1.68. The Morgan fingerprint density at radius 3 is 2.44 bits per heavy atom. The van der Waals surface area contributed by atoms with Crippen LogP contribution in [-0.2, 0) is 16.3 Å². The Morgan fingerprint density at radius 1 is 1.33 bits per heavy atom. The second-order valence-corrected chi connectivity index (χ2v) is 9.31. The molecule has 1 fully saturated rings. The number of alkyl halides is 4. The summed E-state index contributed by atoms with van der Waals surface area (Å²) in [6.45, 7) is 3.56. The predicted molar refractivity (Wildman–Crippen MR) is 88.4 cm³/mol. The molecule has 27 heavy (non-hydrogen) atoms. The minimum atomic E-state index is -5.74. The normalized spacial score (nSPS) is 30.6. The molecular formula is C17H19F4NO4S. The number of aliphatic hydroxyl groups excluding tert-OH is 1. The Kier molecular flexibility index (Phi) is 4.58. The molecule has 10 heteroatoms. The van der Waals surface area contributed by atoms with Gasteiger partial charge in [0.15, 0.2) is 0 Å². The van der Waals surface area contributed by atoms with E-state index in [4.69, 9.17) is 10.1 Å². The van der Waals surface area contributed by atoms with E-state index in [1.165, 1.54) is 0 Å². The molecule has 0 aliphatic heterocycles. The summed E-state index contributed by atoms with van der Waals surface area (Å²) in [7, 11) is -5.74. The quantitative estimate of drug-likeness (QED) is 0.589. The number of ether oxygens (including phenoxy) is 1. The minimum Gasteiger partial charge on any atom is -0.490 e. The fraction of sp³-hybridized carbons (Fsp3) is 0.588. The molecule has 0 spiro atoms. The van der Waals surface area contributed by atoms with E-state index in [2.05, 4.69) is 0 Å². The standard InChI is InChI=1S/C17H19F4NO4S/c1-8(22)16(2)6-9(7-16)26-12-3-4-13(27(24,25)17(19,20)21)14-10(12)5-11(18)15(14)23/h3-4,9,11,15,22-23H,5-7H2,1-2H3/t9?,11-,15-,16?/m1/s1. The minimum absolute atomic E-state index is 0.0551. The lowest BCUT2D eigenvalue weighted by Crippen LogP contribution is -2.46. The molecule has 0 heterocycles. The van der Waals surface area contributed by atoms with Crippen LogP contribution in [0.2, 0.25) is 0 Å². The topological polar surface area (TPSA) is 87.5 Å². The van der Waals surface area contributed by atoms with Crippen molar-refractivity contribution in [2.24, 2.45) is 5.41 Å². The van der Waals surface area contributed by atoms with Gasteiger partial charge in [-0.1, -0.05) is 6.92 Å². The highest BCUT2D eigenvalue weighted by atomic mass is 32.2. The Morgan fingerprint density at radius 2 is 1.93 bits per heavy atom. The molecule has 2 aliphatic carbocycles. The first-order chi connectivity index (χ1) is 12.3. The highest BCUT2D eigenvalue weighted by Crippen LogP contribution is 2.48. The summed E-state index contributed by atoms with van der Waals surface area (Å²) in [6, 6.07) is 1.78. The lowest BCUT2D eigenvalue weighted by atomic mass is 9.65. The average molecular weight is 409 g/mol. The van der Waals surface area contributed by atoms with Gasteiger partial charge in [-0.2, -0.15) is 13.2 Å². The largest absolute Gasteiger partial charge is 0.501 e. The van der Waals surface area contributed by atoms with E-state index in [1.54, 1.807) is 6.92 Å². The third-order valence-electron chi connectivity index (χ3n) is 5.46. The number of aliphatic hydroxyl groups is 1. The van der Waals surface area contributed by atoms with Gasteiger partial charge in [-0.15, -0.1) is 0 Å². The second kappa shape index (κ2) is 6.16. The lowest BCUT2D eigenvalue weighted by Gasteiger charge is -2.44. The van der Waals surface area contributed by atoms with Crippen LogP contribution >= 0.6 is 0 Å². The first-order valence-electron chi connectivity index (χ1n) is 8.29. The molecule has 1 aromatic rings. The summed E-state index contributed by atoms with van der Waals surface area (Å²) < 4.78 is 82.2. The zero-order valence-electron chi connectivity index (χ0n) is 14.6. The van der Waals surface area contributed by atoms with Gasteiger partial charge in [-0.05, 0) is 31.9 Å². The molecule has 2 aliphatic rings. The van der Waals surface area contributed by atoms with Gasteiger partial charge in [0.1, 0.15) is 24.1 Å². The van der Waals surface area contributed by atoms with Crippen molar-refractivity contribution >= 4 is 15.5 Å². The van der Waals surface area contributed by atoms with Gasteiger partial charge in [-0.3, -0.25) is 0 Å². The average Bonchev–Trinajstić information content (AvgIpc) is 2.80. The van der Waals surface area contributed by atoms with Gasteiger partial charge >= 0.3 is 5.51 Å². The zero-order valence-corrected chi connectivity index (χ0v) is 15.4. The molecule has 1 saturated carbocycles. The van der Waals surface area contributed by atoms with Crippen LogP contribution in [-0.4, -0.2) is 37.0 Å². The molecule has 0 aromatic heterocycles. The van der Waals surface area contributed by atoms with Gasteiger partial charge in [-0.25, -0.2) is 12.8 Å². The fourth-order valence-corrected chi connectivity index (χ4v) is 4.66. The third kappa shape index (κ3) is 3.12. The van der Waals surface area contributed by atoms with Crippen molar-refractivity contribution in [3.8, 4) is 5.75 Å². The number of hydrogen-bond acceptors (Lipinski definition) is 5. The number of nitrogens with one attached hydrogen (secondary N) is 1. The summed E-state index contributed by atoms with van der Waals surface area (Å²) in [5, 5.41) is 17.7. The molecule has 1 aromatic carbocycles. The van der Waals surface area contributed by atoms with Crippen LogP contribution in [0.25, 0.3) is 0 Å². The maximum Gasteiger partial charge on any atom is 0.501 e. The van der Waals surface area contributed by atoms with Gasteiger partial charge in [0.05, 0.1) is 4.90 Å². The van der Waals surface area contributed by atoms with E-state index in [0.717, 1.165) is 6.07 Å². The van der Waals surface area contributed by atoms with Crippen LogP contribution in [0.1, 0.15) is 43.9 Å². The molecule has 0 unspecified atom stereocenters. The molecule has 2 atom stereocenters. The molecule has 0 amide bonds. The van der Waals surface area contributed by atoms with E-state index in [1.807, 2.05) is 6.92 Å². The van der Waals surface area contributed by atoms with Crippen molar-refractivity contribution in [3.05, 3.63) is 23.3 Å². The van der Waals surface area contributed by atoms with E-state index in [9.17, 15) is 31.1 Å². The SMILES string of the molecule is CC(=N)C1(C)CC(Oc2ccc(S(=O)(=O)C(F)(F)F)c3c2C[C@@H](F)[C@H]3O)C1. The van der Waals surface area contributed by atoms with E-state index >= 15 is 0 Å². The van der Waals surface area contributed by atoms with Gasteiger partial charge in [0.2, 0.25) is 0 Å². The number of halogens is 4. The summed E-state index contributed by atoms with van der Waals surface area (Å²) in [5.41, 5.74) is -6.04. The van der Waals surface area contributed by atoms with Crippen molar-refractivity contribution in [2.75, 3.05) is 0 Å². The van der Waals surface area contributed by atoms with Crippen LogP contribution in [0.5, 0.6) is 5.75 Å². The summed E-state index contributed by atoms with van der Waals surface area (Å²) in [5.74, 6) is 0.0695. The molecule has 3 rings (SSSR count). The van der Waals surface area contributed by atoms with E-state index in [0.29, 0.717) is 24.6 Å². The van der Waals surface area contributed by atoms with Crippen molar-refractivity contribution in [1.29, 1.82) is 5.41 Å². The lowest BCUT2D eigenvalue weighted by molar-refractivity contribution is -0.0437. The Bertz CT molecular complexity index is 891. The van der Waals surface area contributed by atoms with Gasteiger partial charge < -0.3 is 15.3 Å². The first-order valence-corrected chi connectivity index (χ1v) is 9.78.